The predicted octanol–water partition coefficient (Wildman–Crippen LogP) is 1.46. The van der Waals surface area contributed by atoms with E-state index < -0.39 is 17.4 Å². The van der Waals surface area contributed by atoms with E-state index in [2.05, 4.69) is 12.6 Å². The molecule has 0 aromatic carbocycles. The zero-order valence-corrected chi connectivity index (χ0v) is 14.4. The maximum absolute atomic E-state index is 5.66. The Bertz CT molecular complexity index is 203. The van der Waals surface area contributed by atoms with Crippen molar-refractivity contribution >= 4 is 30.0 Å². The first-order chi connectivity index (χ1) is 8.02. The van der Waals surface area contributed by atoms with Crippen molar-refractivity contribution in [1.82, 2.24) is 0 Å². The second-order valence-electron chi connectivity index (χ2n) is 3.63. The molecule has 0 bridgehead atoms. The first-order valence-electron chi connectivity index (χ1n) is 5.39. The highest BCUT2D eigenvalue weighted by molar-refractivity contribution is 7.80. The van der Waals surface area contributed by atoms with Gasteiger partial charge in [-0.05, 0) is 5.75 Å². The molecule has 8 heteroatoms. The number of thiol groups is 1. The van der Waals surface area contributed by atoms with E-state index in [0.29, 0.717) is 5.75 Å². The van der Waals surface area contributed by atoms with Crippen molar-refractivity contribution in [3.05, 3.63) is 0 Å². The molecule has 0 aliphatic carbocycles. The van der Waals surface area contributed by atoms with Gasteiger partial charge in [-0.15, -0.1) is 0 Å². The molecule has 0 N–H and O–H groups in total. The summed E-state index contributed by atoms with van der Waals surface area (Å²) >= 11 is 4.27. The Kier molecular flexibility index (Phi) is 8.17. The summed E-state index contributed by atoms with van der Waals surface area (Å²) in [5, 5.41) is -0.0304. The summed E-state index contributed by atoms with van der Waals surface area (Å²) in [5.74, 6) is 0.694. The molecular weight excluding hydrogens is 276 g/mol. The average molecular weight is 301 g/mol. The van der Waals surface area contributed by atoms with E-state index in [-0.39, 0.29) is 5.16 Å². The maximum atomic E-state index is 5.66. The van der Waals surface area contributed by atoms with E-state index >= 15 is 0 Å². The van der Waals surface area contributed by atoms with Gasteiger partial charge in [0.2, 0.25) is 0 Å². The molecule has 0 fully saturated rings. The summed E-state index contributed by atoms with van der Waals surface area (Å²) in [6.45, 7) is 2.01. The van der Waals surface area contributed by atoms with E-state index in [9.17, 15) is 0 Å². The Morgan fingerprint density at radius 1 is 0.882 bits per heavy atom. The summed E-state index contributed by atoms with van der Waals surface area (Å²) < 4.78 is 27.8. The van der Waals surface area contributed by atoms with E-state index in [1.165, 1.54) is 0 Å². The Balaban J connectivity index is 5.22. The van der Waals surface area contributed by atoms with Crippen molar-refractivity contribution in [1.29, 1.82) is 0 Å². The lowest BCUT2D eigenvalue weighted by molar-refractivity contribution is 0.111. The van der Waals surface area contributed by atoms with E-state index in [4.69, 9.17) is 22.1 Å². The molecular formula is C9H24O5SSi2. The Morgan fingerprint density at radius 3 is 1.53 bits per heavy atom. The SMILES string of the molecule is CO[Si](CCS)(OC)C(C)[Si](OC)(OC)OC. The average Bonchev–Trinajstić information content (AvgIpc) is 2.38. The van der Waals surface area contributed by atoms with E-state index in [1.807, 2.05) is 6.92 Å². The minimum absolute atomic E-state index is 0.0304. The first kappa shape index (κ1) is 17.6. The van der Waals surface area contributed by atoms with Crippen LogP contribution in [0.15, 0.2) is 0 Å². The van der Waals surface area contributed by atoms with Gasteiger partial charge in [0.05, 0.1) is 5.16 Å². The lowest BCUT2D eigenvalue weighted by atomic mass is 10.9. The van der Waals surface area contributed by atoms with Crippen molar-refractivity contribution in [2.75, 3.05) is 41.3 Å². The van der Waals surface area contributed by atoms with Crippen LogP contribution in [0.5, 0.6) is 0 Å². The molecule has 0 radical (unpaired) electrons. The van der Waals surface area contributed by atoms with Crippen LogP contribution in [-0.4, -0.2) is 58.7 Å². The maximum Gasteiger partial charge on any atom is 0.505 e. The van der Waals surface area contributed by atoms with Crippen LogP contribution in [0.25, 0.3) is 0 Å². The van der Waals surface area contributed by atoms with Gasteiger partial charge in [0.25, 0.3) is 0 Å². The number of rotatable bonds is 9. The third kappa shape index (κ3) is 3.54. The zero-order chi connectivity index (χ0) is 13.5. The van der Waals surface area contributed by atoms with Crippen LogP contribution < -0.4 is 0 Å². The normalized spacial score (nSPS) is 15.0. The van der Waals surface area contributed by atoms with Crippen molar-refractivity contribution in [2.45, 2.75) is 18.1 Å². The summed E-state index contributed by atoms with van der Waals surface area (Å²) in [6.07, 6.45) is 0. The molecule has 1 atom stereocenters. The van der Waals surface area contributed by atoms with Crippen LogP contribution in [0.1, 0.15) is 6.92 Å². The third-order valence-electron chi connectivity index (χ3n) is 3.19. The smallest absolute Gasteiger partial charge is 0.397 e. The number of hydrogen-bond donors (Lipinski definition) is 1. The van der Waals surface area contributed by atoms with E-state index in [1.54, 1.807) is 35.5 Å². The minimum Gasteiger partial charge on any atom is -0.397 e. The zero-order valence-electron chi connectivity index (χ0n) is 11.5. The Morgan fingerprint density at radius 2 is 1.29 bits per heavy atom. The molecule has 0 amide bonds. The van der Waals surface area contributed by atoms with E-state index in [0.717, 1.165) is 6.04 Å². The second kappa shape index (κ2) is 7.90. The van der Waals surface area contributed by atoms with Crippen LogP contribution in [0.2, 0.25) is 11.2 Å². The van der Waals surface area contributed by atoms with Crippen molar-refractivity contribution in [2.24, 2.45) is 0 Å². The molecule has 0 heterocycles. The number of hydrogen-bond acceptors (Lipinski definition) is 6. The van der Waals surface area contributed by atoms with Gasteiger partial charge in [0.1, 0.15) is 0 Å². The summed E-state index contributed by atoms with van der Waals surface area (Å²) in [6, 6.07) is 0.759. The molecule has 0 saturated carbocycles. The summed E-state index contributed by atoms with van der Waals surface area (Å²) in [5.41, 5.74) is 0. The highest BCUT2D eigenvalue weighted by Gasteiger charge is 2.58. The van der Waals surface area contributed by atoms with Gasteiger partial charge in [-0.25, -0.2) is 0 Å². The first-order valence-corrected chi connectivity index (χ1v) is 9.92. The lowest BCUT2D eigenvalue weighted by Gasteiger charge is -2.39. The minimum atomic E-state index is -2.76. The van der Waals surface area contributed by atoms with Crippen LogP contribution in [0.3, 0.4) is 0 Å². The van der Waals surface area contributed by atoms with Gasteiger partial charge in [-0.2, -0.15) is 12.6 Å². The predicted molar refractivity (Wildman–Crippen MR) is 74.6 cm³/mol. The monoisotopic (exact) mass is 300 g/mol. The van der Waals surface area contributed by atoms with Crippen molar-refractivity contribution < 1.29 is 22.1 Å². The van der Waals surface area contributed by atoms with Crippen LogP contribution >= 0.6 is 12.6 Å². The van der Waals surface area contributed by atoms with Crippen molar-refractivity contribution in [3.8, 4) is 0 Å². The second-order valence-corrected chi connectivity index (χ2v) is 11.8. The fraction of sp³-hybridized carbons (Fsp3) is 1.00. The molecule has 0 aromatic heterocycles. The molecule has 1 unspecified atom stereocenters. The molecule has 5 nitrogen and oxygen atoms in total. The van der Waals surface area contributed by atoms with Gasteiger partial charge in [0, 0.05) is 41.6 Å². The van der Waals surface area contributed by atoms with Gasteiger partial charge in [0.15, 0.2) is 0 Å². The quantitative estimate of drug-likeness (QED) is 0.516. The highest BCUT2D eigenvalue weighted by Crippen LogP contribution is 2.36. The third-order valence-corrected chi connectivity index (χ3v) is 12.6. The molecule has 0 aromatic rings. The summed E-state index contributed by atoms with van der Waals surface area (Å²) in [7, 11) is 2.93. The Hall–Kier alpha value is 0.584. The van der Waals surface area contributed by atoms with Gasteiger partial charge >= 0.3 is 17.4 Å². The fourth-order valence-electron chi connectivity index (χ4n) is 2.06. The standard InChI is InChI=1S/C9H24O5SSi2/c1-9(17(12-4,13-5)14-6)16(10-2,11-3)8-7-15/h9,15H,7-8H2,1-6H3. The topological polar surface area (TPSA) is 46.2 Å². The van der Waals surface area contributed by atoms with Gasteiger partial charge in [-0.3, -0.25) is 0 Å². The molecule has 104 valence electrons. The van der Waals surface area contributed by atoms with Gasteiger partial charge in [-0.1, -0.05) is 6.92 Å². The lowest BCUT2D eigenvalue weighted by Crippen LogP contribution is -2.60. The van der Waals surface area contributed by atoms with Crippen LogP contribution in [-0.2, 0) is 22.1 Å². The molecule has 0 rings (SSSR count). The largest absolute Gasteiger partial charge is 0.505 e. The molecule has 0 aliphatic heterocycles. The fourth-order valence-corrected chi connectivity index (χ4v) is 10.9. The van der Waals surface area contributed by atoms with Crippen LogP contribution in [0, 0.1) is 0 Å². The summed E-state index contributed by atoms with van der Waals surface area (Å²) in [4.78, 5) is 0. The van der Waals surface area contributed by atoms with Gasteiger partial charge < -0.3 is 22.1 Å². The molecule has 0 saturated heterocycles. The Labute approximate surface area is 112 Å². The highest BCUT2D eigenvalue weighted by atomic mass is 32.1. The molecule has 0 aliphatic rings. The molecule has 17 heavy (non-hydrogen) atoms. The molecule has 0 spiro atoms. The van der Waals surface area contributed by atoms with Crippen molar-refractivity contribution in [3.63, 3.8) is 0 Å². The van der Waals surface area contributed by atoms with Crippen LogP contribution in [0.4, 0.5) is 0 Å².